The lowest BCUT2D eigenvalue weighted by Gasteiger charge is -2.30. The third-order valence-corrected chi connectivity index (χ3v) is 19.4. The summed E-state index contributed by atoms with van der Waals surface area (Å²) < 4.78 is 0. The van der Waals surface area contributed by atoms with Crippen LogP contribution in [0.3, 0.4) is 0 Å². The van der Waals surface area contributed by atoms with Gasteiger partial charge in [0.05, 0.1) is 11.4 Å². The first kappa shape index (κ1) is 60.7. The first-order chi connectivity index (χ1) is 48.0. The van der Waals surface area contributed by atoms with Crippen molar-refractivity contribution in [1.29, 1.82) is 0 Å². The van der Waals surface area contributed by atoms with Gasteiger partial charge in [-0.2, -0.15) is 0 Å². The van der Waals surface area contributed by atoms with Crippen LogP contribution in [0.4, 0.5) is 68.2 Å². The standard InChI is InChI=1S/C94H74N4/c1-63-17-41-73(42-18-63)95(74-43-19-64(2)20-44-74)77-53-33-69(34-54-77)29-31-71-37-57-80(58-38-71)97(79-49-25-67(5)26-50-79)90-62-61-88-91-83(13-9-15-87(90)91)84-14-10-16-89-93(84)92(88)85-11-7-8-12-86(85)94(89)98(81-51-27-68(6)28-52-81)82-59-39-72(40-60-82)32-30-70-35-55-78(56-36-70)96(75-45-21-65(3)22-46-75)76-47-23-66(4)24-48-76/h7-62H,1-6H3/b31-29+,32-30+. The van der Waals surface area contributed by atoms with Crippen LogP contribution in [0.5, 0.6) is 0 Å². The van der Waals surface area contributed by atoms with Gasteiger partial charge in [-0.05, 0) is 224 Å². The summed E-state index contributed by atoms with van der Waals surface area (Å²) in [6.45, 7) is 12.9. The molecular formula is C94H74N4. The van der Waals surface area contributed by atoms with Crippen LogP contribution in [0.2, 0.25) is 0 Å². The van der Waals surface area contributed by atoms with Crippen LogP contribution in [0, 0.1) is 41.5 Å². The SMILES string of the molecule is Cc1ccc(N(c2ccc(C)cc2)c2ccc(/C=C/c3ccc(N(c4ccc(C)cc4)c4ccc5c6c4cccc6c4cccc6c(N(c7ccc(C)cc7)c7ccc(/C=C/c8ccc(N(c9ccc(C)cc9)c9ccc(C)cc9)cc8)cc7)c7ccccc7c5c64)cc3)cc2)cc1. The van der Waals surface area contributed by atoms with Crippen LogP contribution in [-0.4, -0.2) is 0 Å². The largest absolute Gasteiger partial charge is 0.311 e. The Morgan fingerprint density at radius 1 is 0.173 bits per heavy atom. The summed E-state index contributed by atoms with van der Waals surface area (Å²) >= 11 is 0. The zero-order valence-corrected chi connectivity index (χ0v) is 56.1. The summed E-state index contributed by atoms with van der Waals surface area (Å²) in [5.74, 6) is 0. The van der Waals surface area contributed by atoms with Crippen molar-refractivity contribution in [2.24, 2.45) is 0 Å². The molecule has 0 fully saturated rings. The average Bonchev–Trinajstić information content (AvgIpc) is 0.695. The zero-order chi connectivity index (χ0) is 66.4. The molecule has 98 heavy (non-hydrogen) atoms. The minimum atomic E-state index is 1.09. The highest BCUT2D eigenvalue weighted by Gasteiger charge is 2.26. The van der Waals surface area contributed by atoms with E-state index >= 15 is 0 Å². The summed E-state index contributed by atoms with van der Waals surface area (Å²) in [6.07, 6.45) is 8.86. The molecule has 0 atom stereocenters. The molecule has 16 aromatic rings. The minimum absolute atomic E-state index is 1.09. The van der Waals surface area contributed by atoms with Crippen molar-refractivity contribution in [3.63, 3.8) is 0 Å². The zero-order valence-electron chi connectivity index (χ0n) is 56.1. The van der Waals surface area contributed by atoms with Gasteiger partial charge < -0.3 is 19.6 Å². The van der Waals surface area contributed by atoms with Gasteiger partial charge in [0, 0.05) is 78.4 Å². The Hall–Kier alpha value is -12.2. The Bertz CT molecular complexity index is 5510. The average molecular weight is 1260 g/mol. The van der Waals surface area contributed by atoms with Gasteiger partial charge in [-0.3, -0.25) is 0 Å². The summed E-state index contributed by atoms with van der Waals surface area (Å²) in [7, 11) is 0. The second-order valence-electron chi connectivity index (χ2n) is 26.2. The van der Waals surface area contributed by atoms with Gasteiger partial charge in [0.25, 0.3) is 0 Å². The number of hydrogen-bond donors (Lipinski definition) is 0. The van der Waals surface area contributed by atoms with Gasteiger partial charge in [-0.1, -0.05) is 246 Å². The molecular weight excluding hydrogens is 1190 g/mol. The van der Waals surface area contributed by atoms with Gasteiger partial charge in [0.2, 0.25) is 0 Å². The van der Waals surface area contributed by atoms with Gasteiger partial charge in [0.1, 0.15) is 0 Å². The van der Waals surface area contributed by atoms with Crippen LogP contribution < -0.4 is 19.6 Å². The number of hydrogen-bond acceptors (Lipinski definition) is 4. The molecule has 0 bridgehead atoms. The van der Waals surface area contributed by atoms with Crippen molar-refractivity contribution in [2.45, 2.75) is 41.5 Å². The summed E-state index contributed by atoms with van der Waals surface area (Å²) in [5.41, 5.74) is 25.3. The molecule has 0 amide bonds. The molecule has 470 valence electrons. The lowest BCUT2D eigenvalue weighted by atomic mass is 9.85. The number of rotatable bonds is 16. The molecule has 0 radical (unpaired) electrons. The van der Waals surface area contributed by atoms with Gasteiger partial charge in [-0.25, -0.2) is 0 Å². The van der Waals surface area contributed by atoms with Gasteiger partial charge in [-0.15, -0.1) is 0 Å². The Morgan fingerprint density at radius 2 is 0.418 bits per heavy atom. The summed E-state index contributed by atoms with van der Waals surface area (Å²) in [4.78, 5) is 9.56. The van der Waals surface area contributed by atoms with Crippen LogP contribution in [-0.2, 0) is 0 Å². The van der Waals surface area contributed by atoms with E-state index < -0.39 is 0 Å². The molecule has 0 saturated heterocycles. The highest BCUT2D eigenvalue weighted by atomic mass is 15.2. The molecule has 16 aromatic carbocycles. The lowest BCUT2D eigenvalue weighted by Crippen LogP contribution is -2.12. The van der Waals surface area contributed by atoms with E-state index in [1.807, 2.05) is 0 Å². The van der Waals surface area contributed by atoms with Crippen LogP contribution in [0.15, 0.2) is 315 Å². The van der Waals surface area contributed by atoms with Crippen molar-refractivity contribution in [3.05, 3.63) is 371 Å². The monoisotopic (exact) mass is 1260 g/mol. The van der Waals surface area contributed by atoms with Crippen molar-refractivity contribution in [1.82, 2.24) is 0 Å². The number of benzene rings is 16. The molecule has 0 aliphatic carbocycles. The number of anilines is 12. The molecule has 0 unspecified atom stereocenters. The Labute approximate surface area is 575 Å². The molecule has 0 N–H and O–H groups in total. The highest BCUT2D eigenvalue weighted by molar-refractivity contribution is 6.41. The third kappa shape index (κ3) is 11.7. The Balaban J connectivity index is 0.744. The van der Waals surface area contributed by atoms with Gasteiger partial charge >= 0.3 is 0 Å². The van der Waals surface area contributed by atoms with E-state index in [0.29, 0.717) is 0 Å². The second-order valence-corrected chi connectivity index (χ2v) is 26.2. The first-order valence-electron chi connectivity index (χ1n) is 33.9. The van der Waals surface area contributed by atoms with E-state index in [1.165, 1.54) is 87.2 Å². The first-order valence-corrected chi connectivity index (χ1v) is 33.9. The summed E-state index contributed by atoms with van der Waals surface area (Å²) in [6, 6.07) is 116. The van der Waals surface area contributed by atoms with Crippen molar-refractivity contribution in [3.8, 4) is 0 Å². The van der Waals surface area contributed by atoms with Crippen LogP contribution in [0.1, 0.15) is 55.6 Å². The molecule has 4 nitrogen and oxygen atoms in total. The molecule has 0 heterocycles. The third-order valence-electron chi connectivity index (χ3n) is 19.4. The molecule has 0 aliphatic rings. The van der Waals surface area contributed by atoms with E-state index in [4.69, 9.17) is 0 Å². The Morgan fingerprint density at radius 3 is 0.765 bits per heavy atom. The van der Waals surface area contributed by atoms with E-state index in [0.717, 1.165) is 90.5 Å². The van der Waals surface area contributed by atoms with E-state index in [9.17, 15) is 0 Å². The minimum Gasteiger partial charge on any atom is -0.311 e. The maximum Gasteiger partial charge on any atom is 0.0619 e. The van der Waals surface area contributed by atoms with E-state index in [1.54, 1.807) is 0 Å². The lowest BCUT2D eigenvalue weighted by molar-refractivity contribution is 1.27. The fourth-order valence-corrected chi connectivity index (χ4v) is 14.2. The van der Waals surface area contributed by atoms with Crippen LogP contribution in [0.25, 0.3) is 78.2 Å². The fourth-order valence-electron chi connectivity index (χ4n) is 14.2. The van der Waals surface area contributed by atoms with Gasteiger partial charge in [0.15, 0.2) is 0 Å². The van der Waals surface area contributed by atoms with E-state index in [-0.39, 0.29) is 0 Å². The summed E-state index contributed by atoms with van der Waals surface area (Å²) in [5, 5.41) is 12.3. The molecule has 0 saturated carbocycles. The maximum atomic E-state index is 2.48. The maximum absolute atomic E-state index is 2.48. The highest BCUT2D eigenvalue weighted by Crippen LogP contribution is 2.53. The van der Waals surface area contributed by atoms with Crippen molar-refractivity contribution in [2.75, 3.05) is 19.6 Å². The molecule has 0 aliphatic heterocycles. The van der Waals surface area contributed by atoms with E-state index in [2.05, 4.69) is 401 Å². The normalized spacial score (nSPS) is 11.7. The molecule has 16 rings (SSSR count). The smallest absolute Gasteiger partial charge is 0.0619 e. The van der Waals surface area contributed by atoms with Crippen LogP contribution >= 0.6 is 0 Å². The fraction of sp³-hybridized carbons (Fsp3) is 0.0638. The Kier molecular flexibility index (Phi) is 16.0. The quantitative estimate of drug-likeness (QED) is 0.0543. The predicted octanol–water partition coefficient (Wildman–Crippen LogP) is 27.0. The number of fused-ring (bicyclic) bond motifs is 4. The molecule has 4 heteroatoms. The number of nitrogens with zero attached hydrogens (tertiary/aromatic N) is 4. The molecule has 0 spiro atoms. The predicted molar refractivity (Wildman–Crippen MR) is 423 cm³/mol. The van der Waals surface area contributed by atoms with Crippen molar-refractivity contribution < 1.29 is 0 Å². The number of aryl methyl sites for hydroxylation is 6. The van der Waals surface area contributed by atoms with Crippen molar-refractivity contribution >= 4 is 146 Å². The second kappa shape index (κ2) is 25.8. The molecule has 0 aromatic heterocycles. The topological polar surface area (TPSA) is 13.0 Å².